The number of halogens is 1. The number of nitrogens with zero attached hydrogens (tertiary/aromatic N) is 2. The number of aromatic nitrogens is 1. The molecule has 1 unspecified atom stereocenters. The van der Waals surface area contributed by atoms with E-state index in [1.165, 1.54) is 0 Å². The molecule has 1 heterocycles. The summed E-state index contributed by atoms with van der Waals surface area (Å²) in [7, 11) is 4.02. The van der Waals surface area contributed by atoms with Gasteiger partial charge in [-0.05, 0) is 24.3 Å². The molecule has 0 aliphatic heterocycles. The topological polar surface area (TPSA) is 68.6 Å². The van der Waals surface area contributed by atoms with Gasteiger partial charge < -0.3 is 20.4 Å². The van der Waals surface area contributed by atoms with Gasteiger partial charge >= 0.3 is 0 Å². The Hall–Kier alpha value is -2.34. The zero-order chi connectivity index (χ0) is 17.8. The van der Waals surface area contributed by atoms with Crippen molar-refractivity contribution in [3.63, 3.8) is 0 Å². The molecular weight excluding hydrogens is 350 g/mol. The molecule has 0 fully saturated rings. The van der Waals surface area contributed by atoms with Crippen LogP contribution >= 0.6 is 12.4 Å². The Balaban J connectivity index is 0.00000243. The van der Waals surface area contributed by atoms with Gasteiger partial charge in [-0.2, -0.15) is 0 Å². The van der Waals surface area contributed by atoms with Crippen LogP contribution in [0.25, 0.3) is 22.2 Å². The molecule has 0 saturated carbocycles. The molecule has 0 amide bonds. The highest BCUT2D eigenvalue weighted by atomic mass is 35.5. The van der Waals surface area contributed by atoms with E-state index in [2.05, 4.69) is 34.5 Å². The molecule has 0 spiro atoms. The smallest absolute Gasteiger partial charge is 0.0942 e. The maximum absolute atomic E-state index is 9.63. The minimum absolute atomic E-state index is 0. The van der Waals surface area contributed by atoms with Crippen molar-refractivity contribution in [3.8, 4) is 11.3 Å². The molecule has 138 valence electrons. The Morgan fingerprint density at radius 3 is 2.42 bits per heavy atom. The van der Waals surface area contributed by atoms with Gasteiger partial charge in [0.25, 0.3) is 0 Å². The van der Waals surface area contributed by atoms with Crippen molar-refractivity contribution in [3.05, 3.63) is 54.6 Å². The first-order chi connectivity index (χ1) is 12.1. The zero-order valence-electron chi connectivity index (χ0n) is 14.9. The van der Waals surface area contributed by atoms with Crippen molar-refractivity contribution < 1.29 is 10.2 Å². The third-order valence-corrected chi connectivity index (χ3v) is 4.13. The van der Waals surface area contributed by atoms with E-state index < -0.39 is 6.10 Å². The SMILES string of the molecule is CN(C)c1ccc(-c2cc(NCC(O)CO)c3ccccc3n2)cc1.Cl. The zero-order valence-corrected chi connectivity index (χ0v) is 15.7. The molecule has 5 nitrogen and oxygen atoms in total. The van der Waals surface area contributed by atoms with E-state index >= 15 is 0 Å². The average Bonchev–Trinajstić information content (AvgIpc) is 2.65. The van der Waals surface area contributed by atoms with Crippen LogP contribution in [0.1, 0.15) is 0 Å². The van der Waals surface area contributed by atoms with Gasteiger partial charge in [-0.25, -0.2) is 4.98 Å². The number of aliphatic hydroxyl groups is 2. The minimum atomic E-state index is -0.797. The van der Waals surface area contributed by atoms with E-state index in [0.29, 0.717) is 0 Å². The summed E-state index contributed by atoms with van der Waals surface area (Å²) in [6, 6.07) is 18.1. The lowest BCUT2D eigenvalue weighted by molar-refractivity contribution is 0.105. The van der Waals surface area contributed by atoms with Crippen LogP contribution in [0, 0.1) is 0 Å². The number of hydrogen-bond donors (Lipinski definition) is 3. The van der Waals surface area contributed by atoms with Crippen molar-refractivity contribution in [2.75, 3.05) is 37.5 Å². The lowest BCUT2D eigenvalue weighted by atomic mass is 10.1. The number of pyridine rings is 1. The number of fused-ring (bicyclic) bond motifs is 1. The first-order valence-electron chi connectivity index (χ1n) is 8.29. The first kappa shape index (κ1) is 20.0. The highest BCUT2D eigenvalue weighted by Crippen LogP contribution is 2.29. The van der Waals surface area contributed by atoms with Crippen LogP contribution in [0.15, 0.2) is 54.6 Å². The van der Waals surface area contributed by atoms with E-state index in [9.17, 15) is 5.11 Å². The molecule has 2 aromatic carbocycles. The Labute approximate surface area is 159 Å². The van der Waals surface area contributed by atoms with Gasteiger partial charge in [0.2, 0.25) is 0 Å². The molecule has 1 aromatic heterocycles. The molecule has 6 heteroatoms. The van der Waals surface area contributed by atoms with Crippen LogP contribution in [-0.4, -0.2) is 48.5 Å². The van der Waals surface area contributed by atoms with E-state index in [-0.39, 0.29) is 25.6 Å². The fourth-order valence-corrected chi connectivity index (χ4v) is 2.69. The maximum Gasteiger partial charge on any atom is 0.0942 e. The standard InChI is InChI=1S/C20H23N3O2.ClH/c1-23(2)15-9-7-14(8-10-15)19-11-20(21-12-16(25)13-24)17-5-3-4-6-18(17)22-19;/h3-11,16,24-25H,12-13H2,1-2H3,(H,21,22);1H. The molecule has 0 aliphatic carbocycles. The van der Waals surface area contributed by atoms with Crippen LogP contribution in [-0.2, 0) is 0 Å². The summed E-state index contributed by atoms with van der Waals surface area (Å²) in [4.78, 5) is 6.82. The summed E-state index contributed by atoms with van der Waals surface area (Å²) in [5.41, 5.74) is 4.81. The van der Waals surface area contributed by atoms with Gasteiger partial charge in [-0.1, -0.05) is 30.3 Å². The van der Waals surface area contributed by atoms with Crippen molar-refractivity contribution in [1.29, 1.82) is 0 Å². The predicted octanol–water partition coefficient (Wildman–Crippen LogP) is 3.15. The molecule has 1 atom stereocenters. The second kappa shape index (κ2) is 8.85. The van der Waals surface area contributed by atoms with E-state index in [1.54, 1.807) is 0 Å². The summed E-state index contributed by atoms with van der Waals surface area (Å²) < 4.78 is 0. The fourth-order valence-electron chi connectivity index (χ4n) is 2.69. The molecule has 0 saturated heterocycles. The second-order valence-corrected chi connectivity index (χ2v) is 6.23. The molecule has 0 aliphatic rings. The lowest BCUT2D eigenvalue weighted by Crippen LogP contribution is -2.23. The third kappa shape index (κ3) is 4.43. The number of rotatable bonds is 6. The number of anilines is 2. The van der Waals surface area contributed by atoms with Gasteiger partial charge in [-0.15, -0.1) is 12.4 Å². The van der Waals surface area contributed by atoms with Crippen LogP contribution in [0.3, 0.4) is 0 Å². The van der Waals surface area contributed by atoms with Crippen molar-refractivity contribution in [2.45, 2.75) is 6.10 Å². The fraction of sp³-hybridized carbons (Fsp3) is 0.250. The number of nitrogens with one attached hydrogen (secondary N) is 1. The van der Waals surface area contributed by atoms with Crippen LogP contribution in [0.5, 0.6) is 0 Å². The number of aliphatic hydroxyl groups excluding tert-OH is 2. The molecule has 0 radical (unpaired) electrons. The van der Waals surface area contributed by atoms with Crippen LogP contribution < -0.4 is 10.2 Å². The van der Waals surface area contributed by atoms with E-state index in [0.717, 1.165) is 33.5 Å². The maximum atomic E-state index is 9.63. The van der Waals surface area contributed by atoms with Gasteiger partial charge in [0.05, 0.1) is 23.9 Å². The quantitative estimate of drug-likeness (QED) is 0.619. The Morgan fingerprint density at radius 1 is 1.08 bits per heavy atom. The minimum Gasteiger partial charge on any atom is -0.394 e. The molecule has 26 heavy (non-hydrogen) atoms. The molecular formula is C20H24ClN3O2. The van der Waals surface area contributed by atoms with Gasteiger partial charge in [-0.3, -0.25) is 0 Å². The van der Waals surface area contributed by atoms with Crippen molar-refractivity contribution in [2.24, 2.45) is 0 Å². The summed E-state index contributed by atoms with van der Waals surface area (Å²) in [6.07, 6.45) is -0.797. The molecule has 3 rings (SSSR count). The predicted molar refractivity (Wildman–Crippen MR) is 110 cm³/mol. The van der Waals surface area contributed by atoms with Crippen molar-refractivity contribution in [1.82, 2.24) is 4.98 Å². The lowest BCUT2D eigenvalue weighted by Gasteiger charge is -2.15. The molecule has 3 aromatic rings. The van der Waals surface area contributed by atoms with Gasteiger partial charge in [0.1, 0.15) is 0 Å². The van der Waals surface area contributed by atoms with Gasteiger partial charge in [0.15, 0.2) is 0 Å². The van der Waals surface area contributed by atoms with E-state index in [4.69, 9.17) is 10.1 Å². The number of hydrogen-bond acceptors (Lipinski definition) is 5. The normalized spacial score (nSPS) is 11.7. The Kier molecular flexibility index (Phi) is 6.80. The van der Waals surface area contributed by atoms with Gasteiger partial charge in [0, 0.05) is 43.0 Å². The van der Waals surface area contributed by atoms with Crippen molar-refractivity contribution >= 4 is 34.7 Å². The molecule has 3 N–H and O–H groups in total. The highest BCUT2D eigenvalue weighted by molar-refractivity contribution is 5.93. The summed E-state index contributed by atoms with van der Waals surface area (Å²) in [5, 5.41) is 22.9. The first-order valence-corrected chi connectivity index (χ1v) is 8.29. The summed E-state index contributed by atoms with van der Waals surface area (Å²) in [6.45, 7) is 0.0123. The second-order valence-electron chi connectivity index (χ2n) is 6.23. The van der Waals surface area contributed by atoms with Crippen LogP contribution in [0.2, 0.25) is 0 Å². The number of benzene rings is 2. The van der Waals surface area contributed by atoms with E-state index in [1.807, 2.05) is 44.4 Å². The number of para-hydroxylation sites is 1. The molecule has 0 bridgehead atoms. The van der Waals surface area contributed by atoms with Crippen LogP contribution in [0.4, 0.5) is 11.4 Å². The Morgan fingerprint density at radius 2 is 1.77 bits per heavy atom. The highest BCUT2D eigenvalue weighted by Gasteiger charge is 2.09. The third-order valence-electron chi connectivity index (χ3n) is 4.13. The monoisotopic (exact) mass is 373 g/mol. The largest absolute Gasteiger partial charge is 0.394 e. The summed E-state index contributed by atoms with van der Waals surface area (Å²) in [5.74, 6) is 0. The summed E-state index contributed by atoms with van der Waals surface area (Å²) >= 11 is 0. The average molecular weight is 374 g/mol. The Bertz CT molecular complexity index is 853.